The van der Waals surface area contributed by atoms with Gasteiger partial charge in [0.2, 0.25) is 0 Å². The monoisotopic (exact) mass is 283 g/mol. The molecular weight excluding hydrogens is 262 g/mol. The molecule has 0 aromatic heterocycles. The first-order chi connectivity index (χ1) is 9.26. The molecule has 1 saturated heterocycles. The van der Waals surface area contributed by atoms with Gasteiger partial charge >= 0.3 is 0 Å². The van der Waals surface area contributed by atoms with Crippen molar-refractivity contribution in [3.8, 4) is 0 Å². The number of nitrogens with zero attached hydrogens (tertiary/aromatic N) is 1. The molecule has 1 aliphatic rings. The van der Waals surface area contributed by atoms with E-state index in [1.54, 1.807) is 0 Å². The molecule has 4 heteroatoms. The van der Waals surface area contributed by atoms with Crippen LogP contribution in [-0.4, -0.2) is 41.4 Å². The van der Waals surface area contributed by atoms with Crippen LogP contribution in [0.3, 0.4) is 0 Å². The zero-order valence-electron chi connectivity index (χ0n) is 11.1. The van der Waals surface area contributed by atoms with Crippen LogP contribution in [0.15, 0.2) is 24.3 Å². The Hall–Kier alpha value is -0.610. The van der Waals surface area contributed by atoms with Gasteiger partial charge in [0.1, 0.15) is 0 Å². The summed E-state index contributed by atoms with van der Waals surface area (Å²) in [4.78, 5) is 2.38. The Morgan fingerprint density at radius 3 is 2.11 bits per heavy atom. The number of aliphatic hydroxyl groups excluding tert-OH is 2. The number of benzene rings is 1. The minimum Gasteiger partial charge on any atom is -0.396 e. The van der Waals surface area contributed by atoms with E-state index < -0.39 is 0 Å². The summed E-state index contributed by atoms with van der Waals surface area (Å²) < 4.78 is 0. The van der Waals surface area contributed by atoms with E-state index >= 15 is 0 Å². The van der Waals surface area contributed by atoms with Crippen molar-refractivity contribution < 1.29 is 10.2 Å². The van der Waals surface area contributed by atoms with E-state index in [9.17, 15) is 10.2 Å². The lowest BCUT2D eigenvalue weighted by Gasteiger charge is -2.38. The quantitative estimate of drug-likeness (QED) is 0.872. The lowest BCUT2D eigenvalue weighted by molar-refractivity contribution is 0.0464. The molecule has 2 N–H and O–H groups in total. The van der Waals surface area contributed by atoms with Gasteiger partial charge < -0.3 is 10.2 Å². The molecule has 3 nitrogen and oxygen atoms in total. The normalized spacial score (nSPS) is 18.7. The van der Waals surface area contributed by atoms with Gasteiger partial charge in [0, 0.05) is 30.2 Å². The predicted molar refractivity (Wildman–Crippen MR) is 77.3 cm³/mol. The molecule has 1 fully saturated rings. The molecule has 1 heterocycles. The van der Waals surface area contributed by atoms with Gasteiger partial charge in [0.15, 0.2) is 0 Å². The van der Waals surface area contributed by atoms with E-state index in [4.69, 9.17) is 11.6 Å². The Labute approximate surface area is 119 Å². The fourth-order valence-electron chi connectivity index (χ4n) is 2.90. The summed E-state index contributed by atoms with van der Waals surface area (Å²) in [5.74, 6) is -0.140. The Morgan fingerprint density at radius 1 is 1.00 bits per heavy atom. The van der Waals surface area contributed by atoms with Gasteiger partial charge in [0.05, 0.1) is 0 Å². The topological polar surface area (TPSA) is 43.7 Å². The second-order valence-electron chi connectivity index (χ2n) is 5.22. The Bertz CT molecular complexity index is 372. The van der Waals surface area contributed by atoms with Gasteiger partial charge in [0.25, 0.3) is 0 Å². The molecule has 0 spiro atoms. The highest BCUT2D eigenvalue weighted by Crippen LogP contribution is 2.31. The lowest BCUT2D eigenvalue weighted by Crippen LogP contribution is -2.39. The van der Waals surface area contributed by atoms with Crippen LogP contribution >= 0.6 is 11.6 Å². The largest absolute Gasteiger partial charge is 0.396 e. The molecule has 0 saturated carbocycles. The predicted octanol–water partition coefficient (Wildman–Crippen LogP) is 2.47. The minimum absolute atomic E-state index is 0.000291. The molecule has 1 aromatic carbocycles. The molecule has 2 rings (SSSR count). The van der Waals surface area contributed by atoms with E-state index in [-0.39, 0.29) is 25.2 Å². The molecule has 19 heavy (non-hydrogen) atoms. The van der Waals surface area contributed by atoms with Crippen molar-refractivity contribution in [2.45, 2.75) is 25.3 Å². The van der Waals surface area contributed by atoms with E-state index in [1.165, 1.54) is 19.3 Å². The van der Waals surface area contributed by atoms with E-state index in [1.807, 2.05) is 24.3 Å². The van der Waals surface area contributed by atoms with E-state index in [0.717, 1.165) is 18.7 Å². The van der Waals surface area contributed by atoms with E-state index in [0.29, 0.717) is 5.02 Å². The standard InChI is InChI=1S/C15H22ClNO2/c16-14-6-4-12(5-7-14)15(13(10-18)11-19)17-8-2-1-3-9-17/h4-7,13,15,18-19H,1-3,8-11H2/t15-/m1/s1. The summed E-state index contributed by atoms with van der Waals surface area (Å²) in [6.45, 7) is 2.06. The van der Waals surface area contributed by atoms with Gasteiger partial charge in [-0.25, -0.2) is 0 Å². The van der Waals surface area contributed by atoms with Crippen LogP contribution in [0.1, 0.15) is 30.9 Å². The minimum atomic E-state index is -0.140. The summed E-state index contributed by atoms with van der Waals surface area (Å²) in [7, 11) is 0. The SMILES string of the molecule is OCC(CO)[C@@H](c1ccc(Cl)cc1)N1CCCCC1. The van der Waals surface area contributed by atoms with Crippen molar-refractivity contribution in [3.63, 3.8) is 0 Å². The summed E-state index contributed by atoms with van der Waals surface area (Å²) in [6.07, 6.45) is 3.65. The summed E-state index contributed by atoms with van der Waals surface area (Å²) >= 11 is 5.94. The molecule has 0 aliphatic carbocycles. The smallest absolute Gasteiger partial charge is 0.0499 e. The van der Waals surface area contributed by atoms with Crippen LogP contribution in [0.5, 0.6) is 0 Å². The highest BCUT2D eigenvalue weighted by Gasteiger charge is 2.29. The number of aliphatic hydroxyl groups is 2. The maximum atomic E-state index is 9.53. The first-order valence-electron chi connectivity index (χ1n) is 6.97. The van der Waals surface area contributed by atoms with Gasteiger partial charge in [-0.05, 0) is 43.6 Å². The third kappa shape index (κ3) is 3.69. The van der Waals surface area contributed by atoms with E-state index in [2.05, 4.69) is 4.90 Å². The number of halogens is 1. The first-order valence-corrected chi connectivity index (χ1v) is 7.35. The molecular formula is C15H22ClNO2. The van der Waals surface area contributed by atoms with Crippen LogP contribution in [0.2, 0.25) is 5.02 Å². The second kappa shape index (κ2) is 7.25. The Kier molecular flexibility index (Phi) is 5.64. The Balaban J connectivity index is 2.24. The van der Waals surface area contributed by atoms with Gasteiger partial charge in [-0.3, -0.25) is 4.90 Å². The summed E-state index contributed by atoms with van der Waals surface area (Å²) in [5, 5.41) is 19.8. The van der Waals surface area contributed by atoms with Crippen molar-refractivity contribution in [1.29, 1.82) is 0 Å². The first kappa shape index (κ1) is 14.8. The van der Waals surface area contributed by atoms with Gasteiger partial charge in [-0.2, -0.15) is 0 Å². The maximum Gasteiger partial charge on any atom is 0.0499 e. The zero-order valence-corrected chi connectivity index (χ0v) is 11.9. The highest BCUT2D eigenvalue weighted by molar-refractivity contribution is 6.30. The fraction of sp³-hybridized carbons (Fsp3) is 0.600. The maximum absolute atomic E-state index is 9.53. The van der Waals surface area contributed by atoms with Gasteiger partial charge in [-0.1, -0.05) is 30.2 Å². The molecule has 1 aromatic rings. The van der Waals surface area contributed by atoms with Crippen molar-refractivity contribution in [2.75, 3.05) is 26.3 Å². The molecule has 106 valence electrons. The zero-order chi connectivity index (χ0) is 13.7. The molecule has 0 amide bonds. The average molecular weight is 284 g/mol. The van der Waals surface area contributed by atoms with Crippen molar-refractivity contribution >= 4 is 11.6 Å². The van der Waals surface area contributed by atoms with Crippen LogP contribution in [0, 0.1) is 5.92 Å². The van der Waals surface area contributed by atoms with Gasteiger partial charge in [-0.15, -0.1) is 0 Å². The van der Waals surface area contributed by atoms with Crippen molar-refractivity contribution in [3.05, 3.63) is 34.9 Å². The summed E-state index contributed by atoms with van der Waals surface area (Å²) in [5.41, 5.74) is 1.12. The van der Waals surface area contributed by atoms with Crippen LogP contribution in [0.25, 0.3) is 0 Å². The van der Waals surface area contributed by atoms with Crippen LogP contribution in [0.4, 0.5) is 0 Å². The van der Waals surface area contributed by atoms with Crippen LogP contribution < -0.4 is 0 Å². The molecule has 1 atom stereocenters. The molecule has 0 radical (unpaired) electrons. The average Bonchev–Trinajstić information content (AvgIpc) is 2.47. The molecule has 1 aliphatic heterocycles. The second-order valence-corrected chi connectivity index (χ2v) is 5.65. The van der Waals surface area contributed by atoms with Crippen LogP contribution in [-0.2, 0) is 0 Å². The molecule has 0 bridgehead atoms. The Morgan fingerprint density at radius 2 is 1.58 bits per heavy atom. The van der Waals surface area contributed by atoms with Crippen molar-refractivity contribution in [1.82, 2.24) is 4.90 Å². The third-order valence-corrected chi connectivity index (χ3v) is 4.16. The number of likely N-dealkylation sites (tertiary alicyclic amines) is 1. The fourth-order valence-corrected chi connectivity index (χ4v) is 3.02. The lowest BCUT2D eigenvalue weighted by atomic mass is 9.91. The number of hydrogen-bond donors (Lipinski definition) is 2. The highest BCUT2D eigenvalue weighted by atomic mass is 35.5. The molecule has 0 unspecified atom stereocenters. The van der Waals surface area contributed by atoms with Crippen molar-refractivity contribution in [2.24, 2.45) is 5.92 Å². The number of piperidine rings is 1. The number of hydrogen-bond acceptors (Lipinski definition) is 3. The number of rotatable bonds is 5. The summed E-state index contributed by atoms with van der Waals surface area (Å²) in [6, 6.07) is 7.83. The third-order valence-electron chi connectivity index (χ3n) is 3.91.